The molecular formula is C23H21ClN2O2S. The highest BCUT2D eigenvalue weighted by molar-refractivity contribution is 7.89. The number of benzene rings is 3. The Hall–Kier alpha value is -2.63. The lowest BCUT2D eigenvalue weighted by Gasteiger charge is -2.23. The van der Waals surface area contributed by atoms with E-state index in [1.165, 1.54) is 4.41 Å². The molecule has 4 rings (SSSR count). The van der Waals surface area contributed by atoms with Crippen LogP contribution in [-0.2, 0) is 16.4 Å². The van der Waals surface area contributed by atoms with Crippen LogP contribution in [0.15, 0.2) is 88.9 Å². The highest BCUT2D eigenvalue weighted by atomic mass is 35.5. The lowest BCUT2D eigenvalue weighted by Crippen LogP contribution is -2.34. The van der Waals surface area contributed by atoms with Gasteiger partial charge in [0.1, 0.15) is 0 Å². The van der Waals surface area contributed by atoms with Crippen molar-refractivity contribution >= 4 is 27.3 Å². The van der Waals surface area contributed by atoms with Gasteiger partial charge in [-0.1, -0.05) is 71.8 Å². The van der Waals surface area contributed by atoms with Crippen molar-refractivity contribution in [2.45, 2.75) is 30.7 Å². The van der Waals surface area contributed by atoms with E-state index in [4.69, 9.17) is 11.6 Å². The van der Waals surface area contributed by atoms with E-state index in [1.807, 2.05) is 55.5 Å². The average molecular weight is 425 g/mol. The van der Waals surface area contributed by atoms with Gasteiger partial charge in [-0.3, -0.25) is 0 Å². The van der Waals surface area contributed by atoms with Gasteiger partial charge in [-0.25, -0.2) is 0 Å². The van der Waals surface area contributed by atoms with E-state index < -0.39 is 10.0 Å². The average Bonchev–Trinajstić information content (AvgIpc) is 3.14. The molecule has 1 heterocycles. The zero-order chi connectivity index (χ0) is 20.4. The first-order chi connectivity index (χ1) is 13.9. The summed E-state index contributed by atoms with van der Waals surface area (Å²) in [6.07, 6.45) is 1.11. The van der Waals surface area contributed by atoms with Crippen LogP contribution in [0.4, 0.5) is 0 Å². The van der Waals surface area contributed by atoms with Crippen LogP contribution in [0.3, 0.4) is 0 Å². The van der Waals surface area contributed by atoms with E-state index in [0.29, 0.717) is 17.9 Å². The maximum absolute atomic E-state index is 13.4. The minimum Gasteiger partial charge on any atom is -0.200 e. The van der Waals surface area contributed by atoms with Crippen LogP contribution in [0.25, 0.3) is 0 Å². The third-order valence-corrected chi connectivity index (χ3v) is 6.97. The van der Waals surface area contributed by atoms with E-state index in [2.05, 4.69) is 5.10 Å². The lowest BCUT2D eigenvalue weighted by atomic mass is 9.99. The quantitative estimate of drug-likeness (QED) is 0.574. The number of halogens is 1. The van der Waals surface area contributed by atoms with Crippen molar-refractivity contribution < 1.29 is 8.42 Å². The standard InChI is InChI=1S/C23H21ClN2O2S/c1-17-10-12-22(13-11-17)29(27,28)26-21(14-18-6-3-2-4-7-18)16-23(25-26)19-8-5-9-20(24)15-19/h2-13,15,21H,14,16H2,1H3. The zero-order valence-electron chi connectivity index (χ0n) is 16.0. The normalized spacial score (nSPS) is 16.7. The van der Waals surface area contributed by atoms with Crippen molar-refractivity contribution in [3.8, 4) is 0 Å². The minimum absolute atomic E-state index is 0.247. The first-order valence-electron chi connectivity index (χ1n) is 9.42. The molecule has 0 spiro atoms. The number of hydrogen-bond acceptors (Lipinski definition) is 3. The molecule has 3 aromatic carbocycles. The Bertz CT molecular complexity index is 1140. The van der Waals surface area contributed by atoms with Gasteiger partial charge < -0.3 is 0 Å². The molecule has 1 aliphatic heterocycles. The molecule has 148 valence electrons. The molecule has 6 heteroatoms. The van der Waals surface area contributed by atoms with Gasteiger partial charge in [-0.2, -0.15) is 17.9 Å². The SMILES string of the molecule is Cc1ccc(S(=O)(=O)N2N=C(c3cccc(Cl)c3)CC2Cc2ccccc2)cc1. The summed E-state index contributed by atoms with van der Waals surface area (Å²) in [5.74, 6) is 0. The Morgan fingerprint density at radius 3 is 2.41 bits per heavy atom. The molecule has 0 bridgehead atoms. The Kier molecular flexibility index (Phi) is 5.43. The summed E-state index contributed by atoms with van der Waals surface area (Å²) in [5.41, 5.74) is 3.65. The summed E-state index contributed by atoms with van der Waals surface area (Å²) in [5, 5.41) is 5.15. The summed E-state index contributed by atoms with van der Waals surface area (Å²) in [7, 11) is -3.76. The monoisotopic (exact) mass is 424 g/mol. The first kappa shape index (κ1) is 19.7. The molecule has 1 unspecified atom stereocenters. The maximum atomic E-state index is 13.4. The van der Waals surface area contributed by atoms with Crippen LogP contribution >= 0.6 is 11.6 Å². The van der Waals surface area contributed by atoms with E-state index in [1.54, 1.807) is 30.3 Å². The lowest BCUT2D eigenvalue weighted by molar-refractivity contribution is 0.361. The summed E-state index contributed by atoms with van der Waals surface area (Å²) in [6.45, 7) is 1.93. The van der Waals surface area contributed by atoms with Gasteiger partial charge in [0.25, 0.3) is 10.0 Å². The Balaban J connectivity index is 1.73. The van der Waals surface area contributed by atoms with Crippen molar-refractivity contribution in [2.24, 2.45) is 5.10 Å². The summed E-state index contributed by atoms with van der Waals surface area (Å²) in [6, 6.07) is 23.8. The van der Waals surface area contributed by atoms with Crippen molar-refractivity contribution in [3.05, 3.63) is 101 Å². The Morgan fingerprint density at radius 1 is 1.00 bits per heavy atom. The third-order valence-electron chi connectivity index (χ3n) is 5.00. The fourth-order valence-corrected chi connectivity index (χ4v) is 5.12. The number of nitrogens with zero attached hydrogens (tertiary/aromatic N) is 2. The van der Waals surface area contributed by atoms with Crippen LogP contribution < -0.4 is 0 Å². The van der Waals surface area contributed by atoms with Crippen molar-refractivity contribution in [1.82, 2.24) is 4.41 Å². The molecular weight excluding hydrogens is 404 g/mol. The first-order valence-corrected chi connectivity index (χ1v) is 11.2. The molecule has 0 saturated carbocycles. The molecule has 4 nitrogen and oxygen atoms in total. The van der Waals surface area contributed by atoms with Crippen molar-refractivity contribution in [3.63, 3.8) is 0 Å². The summed E-state index contributed by atoms with van der Waals surface area (Å²) < 4.78 is 28.0. The molecule has 0 aromatic heterocycles. The maximum Gasteiger partial charge on any atom is 0.279 e. The molecule has 3 aromatic rings. The van der Waals surface area contributed by atoms with Gasteiger partial charge in [0.2, 0.25) is 0 Å². The van der Waals surface area contributed by atoms with Crippen LogP contribution in [0.2, 0.25) is 5.02 Å². The fourth-order valence-electron chi connectivity index (χ4n) is 3.49. The number of rotatable bonds is 5. The molecule has 1 aliphatic rings. The second-order valence-corrected chi connectivity index (χ2v) is 9.43. The highest BCUT2D eigenvalue weighted by Gasteiger charge is 2.36. The van der Waals surface area contributed by atoms with E-state index in [0.717, 1.165) is 22.4 Å². The Morgan fingerprint density at radius 2 is 1.72 bits per heavy atom. The molecule has 1 atom stereocenters. The molecule has 0 saturated heterocycles. The molecule has 0 fully saturated rings. The predicted molar refractivity (Wildman–Crippen MR) is 117 cm³/mol. The van der Waals surface area contributed by atoms with E-state index in [9.17, 15) is 8.42 Å². The molecule has 29 heavy (non-hydrogen) atoms. The van der Waals surface area contributed by atoms with Crippen molar-refractivity contribution in [2.75, 3.05) is 0 Å². The number of aryl methyl sites for hydroxylation is 1. The second kappa shape index (κ2) is 8.01. The van der Waals surface area contributed by atoms with E-state index >= 15 is 0 Å². The van der Waals surface area contributed by atoms with Crippen LogP contribution in [0.5, 0.6) is 0 Å². The van der Waals surface area contributed by atoms with Gasteiger partial charge in [-0.05, 0) is 48.7 Å². The third kappa shape index (κ3) is 4.21. The number of hydrogen-bond donors (Lipinski definition) is 0. The Labute approximate surface area is 176 Å². The minimum atomic E-state index is -3.76. The van der Waals surface area contributed by atoms with Gasteiger partial charge in [0.15, 0.2) is 0 Å². The molecule has 0 radical (unpaired) electrons. The smallest absolute Gasteiger partial charge is 0.200 e. The van der Waals surface area contributed by atoms with E-state index in [-0.39, 0.29) is 10.9 Å². The van der Waals surface area contributed by atoms with Gasteiger partial charge in [-0.15, -0.1) is 0 Å². The van der Waals surface area contributed by atoms with Crippen LogP contribution in [0, 0.1) is 6.92 Å². The highest BCUT2D eigenvalue weighted by Crippen LogP contribution is 2.30. The number of hydrazone groups is 1. The molecule has 0 amide bonds. The van der Waals surface area contributed by atoms with Gasteiger partial charge >= 0.3 is 0 Å². The summed E-state index contributed by atoms with van der Waals surface area (Å²) >= 11 is 6.14. The zero-order valence-corrected chi connectivity index (χ0v) is 17.6. The van der Waals surface area contributed by atoms with Crippen LogP contribution in [-0.4, -0.2) is 24.6 Å². The largest absolute Gasteiger partial charge is 0.279 e. The van der Waals surface area contributed by atoms with Gasteiger partial charge in [0.05, 0.1) is 16.6 Å². The topological polar surface area (TPSA) is 49.7 Å². The second-order valence-electron chi connectivity index (χ2n) is 7.20. The van der Waals surface area contributed by atoms with Crippen LogP contribution in [0.1, 0.15) is 23.1 Å². The molecule has 0 N–H and O–H groups in total. The summed E-state index contributed by atoms with van der Waals surface area (Å²) in [4.78, 5) is 0.247. The molecule has 0 aliphatic carbocycles. The van der Waals surface area contributed by atoms with Gasteiger partial charge in [0, 0.05) is 11.4 Å². The number of sulfonamides is 1. The fraction of sp³-hybridized carbons (Fsp3) is 0.174. The van der Waals surface area contributed by atoms with Crippen molar-refractivity contribution in [1.29, 1.82) is 0 Å². The predicted octanol–water partition coefficient (Wildman–Crippen LogP) is 5.06.